The Morgan fingerprint density at radius 1 is 1.21 bits per heavy atom. The number of ether oxygens (including phenoxy) is 1. The molecule has 0 aliphatic carbocycles. The molecule has 0 spiro atoms. The number of halogens is 1. The summed E-state index contributed by atoms with van der Waals surface area (Å²) in [6.07, 6.45) is 3.71. The van der Waals surface area contributed by atoms with Crippen LogP contribution in [0.2, 0.25) is 0 Å². The number of hydrogen-bond acceptors (Lipinski definition) is 6. The number of hydrogen-bond donors (Lipinski definition) is 0. The molecule has 0 bridgehead atoms. The topological polar surface area (TPSA) is 60.7 Å². The van der Waals surface area contributed by atoms with Crippen LogP contribution in [0.15, 0.2) is 74.5 Å². The summed E-state index contributed by atoms with van der Waals surface area (Å²) in [4.78, 5) is 32.9. The van der Waals surface area contributed by atoms with Crippen molar-refractivity contribution >= 4 is 35.1 Å². The average molecular weight is 497 g/mol. The molecule has 8 heteroatoms. The van der Waals surface area contributed by atoms with Crippen molar-refractivity contribution in [1.82, 2.24) is 4.57 Å². The van der Waals surface area contributed by atoms with E-state index in [-0.39, 0.29) is 23.9 Å². The van der Waals surface area contributed by atoms with E-state index in [0.29, 0.717) is 26.2 Å². The Hall–Kier alpha value is -2.97. The molecule has 34 heavy (non-hydrogen) atoms. The van der Waals surface area contributed by atoms with E-state index >= 15 is 0 Å². The SMILES string of the molecule is CSc1ccc(C2C(C(=O)OCC(C)C)=C(C)N=c3sc(=Cc4ccc(F)cc4)c(=O)n32)cc1. The predicted octanol–water partition coefficient (Wildman–Crippen LogP) is 4.30. The van der Waals surface area contributed by atoms with Crippen molar-refractivity contribution in [3.8, 4) is 0 Å². The lowest BCUT2D eigenvalue weighted by Gasteiger charge is -2.25. The van der Waals surface area contributed by atoms with E-state index in [1.54, 1.807) is 41.5 Å². The highest BCUT2D eigenvalue weighted by molar-refractivity contribution is 7.98. The molecule has 4 rings (SSSR count). The Morgan fingerprint density at radius 3 is 2.50 bits per heavy atom. The minimum atomic E-state index is -0.651. The van der Waals surface area contributed by atoms with Gasteiger partial charge in [0.1, 0.15) is 5.82 Å². The maximum absolute atomic E-state index is 13.6. The molecule has 1 aromatic heterocycles. The van der Waals surface area contributed by atoms with Crippen LogP contribution in [0.25, 0.3) is 6.08 Å². The normalized spacial score (nSPS) is 15.9. The van der Waals surface area contributed by atoms with Crippen molar-refractivity contribution < 1.29 is 13.9 Å². The number of thiazole rings is 1. The molecule has 1 aliphatic rings. The molecular formula is C26H25FN2O3S2. The van der Waals surface area contributed by atoms with Gasteiger partial charge >= 0.3 is 5.97 Å². The van der Waals surface area contributed by atoms with Crippen LogP contribution in [0.3, 0.4) is 0 Å². The minimum Gasteiger partial charge on any atom is -0.462 e. The first kappa shape index (κ1) is 24.2. The Balaban J connectivity index is 1.89. The van der Waals surface area contributed by atoms with Crippen molar-refractivity contribution in [3.63, 3.8) is 0 Å². The fourth-order valence-electron chi connectivity index (χ4n) is 3.71. The molecule has 0 saturated carbocycles. The highest BCUT2D eigenvalue weighted by Crippen LogP contribution is 2.31. The van der Waals surface area contributed by atoms with Crippen LogP contribution in [0.1, 0.15) is 37.9 Å². The van der Waals surface area contributed by atoms with Crippen molar-refractivity contribution in [3.05, 3.63) is 96.4 Å². The molecule has 1 atom stereocenters. The van der Waals surface area contributed by atoms with Gasteiger partial charge in [-0.3, -0.25) is 9.36 Å². The van der Waals surface area contributed by atoms with Crippen LogP contribution < -0.4 is 14.9 Å². The number of carbonyl (C=O) groups is 1. The summed E-state index contributed by atoms with van der Waals surface area (Å²) in [5, 5.41) is 0. The lowest BCUT2D eigenvalue weighted by atomic mass is 9.96. The van der Waals surface area contributed by atoms with Gasteiger partial charge < -0.3 is 4.74 Å². The Morgan fingerprint density at radius 2 is 1.88 bits per heavy atom. The zero-order chi connectivity index (χ0) is 24.4. The van der Waals surface area contributed by atoms with E-state index in [4.69, 9.17) is 4.74 Å². The molecule has 0 fully saturated rings. The summed E-state index contributed by atoms with van der Waals surface area (Å²) >= 11 is 2.86. The lowest BCUT2D eigenvalue weighted by Crippen LogP contribution is -2.40. The standard InChI is InChI=1S/C26H25FN2O3S2/c1-15(2)14-32-25(31)22-16(3)28-26-29(23(22)18-7-11-20(33-4)12-8-18)24(30)21(34-26)13-17-5-9-19(27)10-6-17/h5-13,15,23H,14H2,1-4H3. The number of carbonyl (C=O) groups excluding carboxylic acids is 1. The number of esters is 1. The molecule has 2 aromatic carbocycles. The molecule has 0 radical (unpaired) electrons. The quantitative estimate of drug-likeness (QED) is 0.377. The summed E-state index contributed by atoms with van der Waals surface area (Å²) in [5.41, 5.74) is 2.15. The molecule has 0 amide bonds. The van der Waals surface area contributed by atoms with E-state index in [0.717, 1.165) is 10.5 Å². The smallest absolute Gasteiger partial charge is 0.338 e. The number of nitrogens with zero attached hydrogens (tertiary/aromatic N) is 2. The van der Waals surface area contributed by atoms with Gasteiger partial charge in [0.2, 0.25) is 0 Å². The summed E-state index contributed by atoms with van der Waals surface area (Å²) < 4.78 is 20.9. The Labute approximate surface area is 205 Å². The van der Waals surface area contributed by atoms with Crippen LogP contribution in [0.5, 0.6) is 0 Å². The van der Waals surface area contributed by atoms with Crippen LogP contribution in [-0.2, 0) is 9.53 Å². The maximum atomic E-state index is 13.6. The van der Waals surface area contributed by atoms with Crippen molar-refractivity contribution in [1.29, 1.82) is 0 Å². The van der Waals surface area contributed by atoms with Gasteiger partial charge in [-0.15, -0.1) is 11.8 Å². The van der Waals surface area contributed by atoms with Crippen LogP contribution in [-0.4, -0.2) is 23.4 Å². The molecule has 1 aliphatic heterocycles. The first-order valence-corrected chi connectivity index (χ1v) is 12.9. The fourth-order valence-corrected chi connectivity index (χ4v) is 5.17. The van der Waals surface area contributed by atoms with Gasteiger partial charge in [-0.25, -0.2) is 14.2 Å². The Kier molecular flexibility index (Phi) is 7.19. The van der Waals surface area contributed by atoms with Crippen molar-refractivity contribution in [2.45, 2.75) is 31.7 Å². The Bertz CT molecular complexity index is 1420. The second kappa shape index (κ2) is 10.1. The maximum Gasteiger partial charge on any atom is 0.338 e. The fraction of sp³-hybridized carbons (Fsp3) is 0.269. The van der Waals surface area contributed by atoms with Crippen LogP contribution in [0.4, 0.5) is 4.39 Å². The molecular weight excluding hydrogens is 471 g/mol. The van der Waals surface area contributed by atoms with Gasteiger partial charge in [0.25, 0.3) is 5.56 Å². The van der Waals surface area contributed by atoms with Gasteiger partial charge in [-0.05, 0) is 60.6 Å². The number of thioether (sulfide) groups is 1. The number of fused-ring (bicyclic) bond motifs is 1. The summed E-state index contributed by atoms with van der Waals surface area (Å²) in [6.45, 7) is 5.99. The van der Waals surface area contributed by atoms with Gasteiger partial charge in [-0.2, -0.15) is 0 Å². The van der Waals surface area contributed by atoms with E-state index in [1.807, 2.05) is 44.4 Å². The third-order valence-corrected chi connectivity index (χ3v) is 7.12. The monoisotopic (exact) mass is 496 g/mol. The molecule has 1 unspecified atom stereocenters. The third kappa shape index (κ3) is 4.93. The number of allylic oxidation sites excluding steroid dienone is 1. The molecule has 0 saturated heterocycles. The first-order chi connectivity index (χ1) is 16.3. The van der Waals surface area contributed by atoms with Gasteiger partial charge in [-0.1, -0.05) is 49.4 Å². The highest BCUT2D eigenvalue weighted by Gasteiger charge is 2.33. The summed E-state index contributed by atoms with van der Waals surface area (Å²) in [6, 6.07) is 13.1. The molecule has 5 nitrogen and oxygen atoms in total. The zero-order valence-corrected chi connectivity index (χ0v) is 21.0. The van der Waals surface area contributed by atoms with Gasteiger partial charge in [0, 0.05) is 4.90 Å². The second-order valence-electron chi connectivity index (χ2n) is 8.40. The lowest BCUT2D eigenvalue weighted by molar-refractivity contribution is -0.140. The molecule has 3 aromatic rings. The minimum absolute atomic E-state index is 0.182. The van der Waals surface area contributed by atoms with Crippen LogP contribution in [0, 0.1) is 11.7 Å². The van der Waals surface area contributed by atoms with Crippen molar-refractivity contribution in [2.75, 3.05) is 12.9 Å². The molecule has 176 valence electrons. The molecule has 2 heterocycles. The van der Waals surface area contributed by atoms with E-state index in [2.05, 4.69) is 4.99 Å². The van der Waals surface area contributed by atoms with E-state index in [9.17, 15) is 14.0 Å². The largest absolute Gasteiger partial charge is 0.462 e. The zero-order valence-electron chi connectivity index (χ0n) is 19.4. The molecule has 0 N–H and O–H groups in total. The highest BCUT2D eigenvalue weighted by atomic mass is 32.2. The van der Waals surface area contributed by atoms with Gasteiger partial charge in [0.15, 0.2) is 4.80 Å². The van der Waals surface area contributed by atoms with Gasteiger partial charge in [0.05, 0.1) is 28.5 Å². The number of rotatable bonds is 6. The number of aromatic nitrogens is 1. The van der Waals surface area contributed by atoms with E-state index in [1.165, 1.54) is 23.5 Å². The summed E-state index contributed by atoms with van der Waals surface area (Å²) in [7, 11) is 0. The predicted molar refractivity (Wildman–Crippen MR) is 134 cm³/mol. The first-order valence-electron chi connectivity index (χ1n) is 10.9. The number of benzene rings is 2. The third-order valence-electron chi connectivity index (χ3n) is 5.39. The van der Waals surface area contributed by atoms with E-state index < -0.39 is 12.0 Å². The summed E-state index contributed by atoms with van der Waals surface area (Å²) in [5.74, 6) is -0.629. The second-order valence-corrected chi connectivity index (χ2v) is 10.3. The average Bonchev–Trinajstić information content (AvgIpc) is 3.12. The van der Waals surface area contributed by atoms with Crippen molar-refractivity contribution in [2.24, 2.45) is 10.9 Å². The van der Waals surface area contributed by atoms with Crippen LogP contribution >= 0.6 is 23.1 Å².